The quantitative estimate of drug-likeness (QED) is 0.338. The second kappa shape index (κ2) is 14.3. The van der Waals surface area contributed by atoms with Crippen molar-refractivity contribution in [1.82, 2.24) is 0 Å². The number of unbranched alkanes of at least 4 members (excludes halogenated alkanes) is 9. The number of hydrogen-bond donors (Lipinski definition) is 3. The number of carboxylic acid groups (broad SMARTS) is 1. The summed E-state index contributed by atoms with van der Waals surface area (Å²) in [5, 5.41) is 29.6. The van der Waals surface area contributed by atoms with Crippen LogP contribution < -0.4 is 0 Å². The maximum atomic E-state index is 12.4. The van der Waals surface area contributed by atoms with Crippen LogP contribution >= 0.6 is 0 Å². The molecule has 0 fully saturated rings. The van der Waals surface area contributed by atoms with Gasteiger partial charge in [0.05, 0.1) is 6.42 Å². The highest BCUT2D eigenvalue weighted by atomic mass is 16.4. The first-order chi connectivity index (χ1) is 11.9. The first kappa shape index (κ1) is 24.1. The van der Waals surface area contributed by atoms with Crippen molar-refractivity contribution in [3.8, 4) is 0 Å². The molecule has 0 bridgehead atoms. The largest absolute Gasteiger partial charge is 0.481 e. The molecule has 5 heteroatoms. The predicted molar refractivity (Wildman–Crippen MR) is 99.6 cm³/mol. The third-order valence-electron chi connectivity index (χ3n) is 4.73. The van der Waals surface area contributed by atoms with E-state index in [4.69, 9.17) is 5.11 Å². The van der Waals surface area contributed by atoms with E-state index >= 15 is 0 Å². The number of aliphatic hydroxyl groups excluding tert-OH is 1. The Morgan fingerprint density at radius 3 is 1.84 bits per heavy atom. The average molecular weight is 359 g/mol. The van der Waals surface area contributed by atoms with E-state index in [9.17, 15) is 19.8 Å². The third-order valence-corrected chi connectivity index (χ3v) is 4.73. The highest BCUT2D eigenvalue weighted by molar-refractivity contribution is 5.93. The molecule has 0 spiro atoms. The van der Waals surface area contributed by atoms with Crippen LogP contribution in [0.5, 0.6) is 0 Å². The van der Waals surface area contributed by atoms with Gasteiger partial charge in [0.2, 0.25) is 0 Å². The summed E-state index contributed by atoms with van der Waals surface area (Å²) in [6.45, 7) is 4.18. The number of ketones is 1. The molecule has 0 amide bonds. The Kier molecular flexibility index (Phi) is 13.7. The van der Waals surface area contributed by atoms with E-state index in [-0.39, 0.29) is 6.42 Å². The zero-order chi connectivity index (χ0) is 19.1. The number of carbonyl (C=O) groups is 2. The minimum absolute atomic E-state index is 0.0977. The highest BCUT2D eigenvalue weighted by Crippen LogP contribution is 2.24. The summed E-state index contributed by atoms with van der Waals surface area (Å²) < 4.78 is 0. The summed E-state index contributed by atoms with van der Waals surface area (Å²) in [5.74, 6) is -1.94. The maximum absolute atomic E-state index is 12.4. The van der Waals surface area contributed by atoms with Crippen molar-refractivity contribution in [2.45, 2.75) is 115 Å². The number of carbonyl (C=O) groups excluding carboxylic acids is 1. The zero-order valence-electron chi connectivity index (χ0n) is 16.1. The highest BCUT2D eigenvalue weighted by Gasteiger charge is 2.40. The number of aliphatic hydroxyl groups is 2. The van der Waals surface area contributed by atoms with Crippen molar-refractivity contribution in [2.24, 2.45) is 0 Å². The number of carboxylic acids is 1. The van der Waals surface area contributed by atoms with Gasteiger partial charge >= 0.3 is 5.97 Å². The Hall–Kier alpha value is -0.940. The van der Waals surface area contributed by atoms with Crippen LogP contribution in [0.1, 0.15) is 104 Å². The van der Waals surface area contributed by atoms with Crippen molar-refractivity contribution in [1.29, 1.82) is 0 Å². The standard InChI is InChI=1S/C20H38O5/c1-3-5-7-8-9-10-11-12-14-17(21)19(24)20(25,16-18(22)23)15-13-6-4-2/h17,21,25H,3-16H2,1-2H3,(H,22,23). The van der Waals surface area contributed by atoms with Gasteiger partial charge in [-0.2, -0.15) is 0 Å². The molecule has 0 aromatic carbocycles. The van der Waals surface area contributed by atoms with Crippen molar-refractivity contribution in [3.63, 3.8) is 0 Å². The lowest BCUT2D eigenvalue weighted by atomic mass is 9.84. The second-order valence-electron chi connectivity index (χ2n) is 7.20. The molecule has 0 saturated heterocycles. The van der Waals surface area contributed by atoms with E-state index in [1.165, 1.54) is 32.1 Å². The van der Waals surface area contributed by atoms with Crippen molar-refractivity contribution >= 4 is 11.8 Å². The Morgan fingerprint density at radius 2 is 1.32 bits per heavy atom. The van der Waals surface area contributed by atoms with Crippen LogP contribution in [0.25, 0.3) is 0 Å². The van der Waals surface area contributed by atoms with Gasteiger partial charge in [-0.15, -0.1) is 0 Å². The molecule has 0 radical (unpaired) electrons. The first-order valence-corrected chi connectivity index (χ1v) is 10.0. The molecule has 0 heterocycles. The number of aliphatic carboxylic acids is 1. The number of rotatable bonds is 17. The molecule has 0 aromatic rings. The SMILES string of the molecule is CCCCCCCCCCC(O)C(=O)C(O)(CCCCC)CC(=O)O. The topological polar surface area (TPSA) is 94.8 Å². The van der Waals surface area contributed by atoms with Gasteiger partial charge in [-0.1, -0.05) is 84.5 Å². The summed E-state index contributed by atoms with van der Waals surface area (Å²) in [5.41, 5.74) is -1.94. The van der Waals surface area contributed by atoms with Crippen LogP contribution in [-0.2, 0) is 9.59 Å². The number of hydrogen-bond acceptors (Lipinski definition) is 4. The molecule has 2 atom stereocenters. The van der Waals surface area contributed by atoms with Crippen LogP contribution in [0.15, 0.2) is 0 Å². The van der Waals surface area contributed by atoms with Gasteiger partial charge in [-0.05, 0) is 12.8 Å². The van der Waals surface area contributed by atoms with Gasteiger partial charge in [0.25, 0.3) is 0 Å². The molecule has 0 saturated carbocycles. The lowest BCUT2D eigenvalue weighted by Crippen LogP contribution is -2.46. The molecule has 148 valence electrons. The van der Waals surface area contributed by atoms with Crippen LogP contribution in [0.4, 0.5) is 0 Å². The molecular weight excluding hydrogens is 320 g/mol. The van der Waals surface area contributed by atoms with E-state index in [1.807, 2.05) is 6.92 Å². The van der Waals surface area contributed by atoms with Crippen LogP contribution in [0.2, 0.25) is 0 Å². The Morgan fingerprint density at radius 1 is 0.840 bits per heavy atom. The van der Waals surface area contributed by atoms with Crippen molar-refractivity contribution < 1.29 is 24.9 Å². The van der Waals surface area contributed by atoms with Crippen LogP contribution in [0.3, 0.4) is 0 Å². The molecular formula is C20H38O5. The summed E-state index contributed by atoms with van der Waals surface area (Å²) in [4.78, 5) is 23.4. The van der Waals surface area contributed by atoms with Crippen molar-refractivity contribution in [2.75, 3.05) is 0 Å². The molecule has 0 rings (SSSR count). The summed E-state index contributed by atoms with van der Waals surface area (Å²) in [7, 11) is 0. The average Bonchev–Trinajstić information content (AvgIpc) is 2.56. The van der Waals surface area contributed by atoms with Gasteiger partial charge in [0.15, 0.2) is 5.78 Å². The van der Waals surface area contributed by atoms with Crippen LogP contribution in [-0.4, -0.2) is 38.8 Å². The Labute approximate surface area is 152 Å². The molecule has 0 aliphatic rings. The fourth-order valence-electron chi connectivity index (χ4n) is 3.13. The Bertz CT molecular complexity index is 369. The maximum Gasteiger partial charge on any atom is 0.306 e. The Balaban J connectivity index is 4.23. The fourth-order valence-corrected chi connectivity index (χ4v) is 3.13. The molecule has 0 aromatic heterocycles. The van der Waals surface area contributed by atoms with Crippen LogP contribution in [0, 0.1) is 0 Å². The summed E-state index contributed by atoms with van der Waals surface area (Å²) in [6, 6.07) is 0. The van der Waals surface area contributed by atoms with Gasteiger partial charge in [-0.3, -0.25) is 9.59 Å². The van der Waals surface area contributed by atoms with E-state index in [0.29, 0.717) is 12.8 Å². The lowest BCUT2D eigenvalue weighted by molar-refractivity contribution is -0.157. The molecule has 25 heavy (non-hydrogen) atoms. The minimum atomic E-state index is -1.94. The summed E-state index contributed by atoms with van der Waals surface area (Å²) in [6.07, 6.45) is 9.71. The first-order valence-electron chi connectivity index (χ1n) is 10.0. The predicted octanol–water partition coefficient (Wildman–Crippen LogP) is 4.23. The van der Waals surface area contributed by atoms with Gasteiger partial charge in [-0.25, -0.2) is 0 Å². The monoisotopic (exact) mass is 358 g/mol. The van der Waals surface area contributed by atoms with E-state index in [1.54, 1.807) is 0 Å². The zero-order valence-corrected chi connectivity index (χ0v) is 16.1. The molecule has 0 aliphatic heterocycles. The minimum Gasteiger partial charge on any atom is -0.481 e. The van der Waals surface area contributed by atoms with E-state index < -0.39 is 29.9 Å². The fraction of sp³-hybridized carbons (Fsp3) is 0.900. The molecule has 3 N–H and O–H groups in total. The third kappa shape index (κ3) is 11.3. The normalized spacial score (nSPS) is 14.9. The van der Waals surface area contributed by atoms with Gasteiger partial charge in [0.1, 0.15) is 11.7 Å². The summed E-state index contributed by atoms with van der Waals surface area (Å²) >= 11 is 0. The van der Waals surface area contributed by atoms with E-state index in [2.05, 4.69) is 6.92 Å². The molecule has 5 nitrogen and oxygen atoms in total. The van der Waals surface area contributed by atoms with Gasteiger partial charge < -0.3 is 15.3 Å². The molecule has 0 aliphatic carbocycles. The lowest BCUT2D eigenvalue weighted by Gasteiger charge is -2.27. The van der Waals surface area contributed by atoms with Gasteiger partial charge in [0, 0.05) is 0 Å². The molecule has 2 unspecified atom stereocenters. The smallest absolute Gasteiger partial charge is 0.306 e. The number of Topliss-reactive ketones (excluding diaryl/α,β-unsaturated/α-hetero) is 1. The van der Waals surface area contributed by atoms with E-state index in [0.717, 1.165) is 32.1 Å². The second-order valence-corrected chi connectivity index (χ2v) is 7.20. The van der Waals surface area contributed by atoms with Crippen molar-refractivity contribution in [3.05, 3.63) is 0 Å².